The fourth-order valence-corrected chi connectivity index (χ4v) is 2.67. The van der Waals surface area contributed by atoms with E-state index in [1.165, 1.54) is 10.3 Å². The van der Waals surface area contributed by atoms with Gasteiger partial charge < -0.3 is 5.32 Å². The SMILES string of the molecule is CC(Nc1cccnc1)c1cnc2ccsc2c1. The zero-order chi connectivity index (χ0) is 12.4. The Morgan fingerprint density at radius 3 is 3.06 bits per heavy atom. The molecule has 4 heteroatoms. The quantitative estimate of drug-likeness (QED) is 0.772. The number of nitrogens with one attached hydrogen (secondary N) is 1. The normalized spacial score (nSPS) is 12.5. The van der Waals surface area contributed by atoms with Crippen molar-refractivity contribution in [3.8, 4) is 0 Å². The highest BCUT2D eigenvalue weighted by molar-refractivity contribution is 7.17. The number of aromatic nitrogens is 2. The van der Waals surface area contributed by atoms with Crippen LogP contribution in [-0.2, 0) is 0 Å². The molecule has 0 bridgehead atoms. The highest BCUT2D eigenvalue weighted by atomic mass is 32.1. The van der Waals surface area contributed by atoms with Crippen LogP contribution in [0.1, 0.15) is 18.5 Å². The molecule has 0 saturated carbocycles. The minimum absolute atomic E-state index is 0.216. The van der Waals surface area contributed by atoms with Gasteiger partial charge in [0, 0.05) is 18.6 Å². The second-order valence-electron chi connectivity index (χ2n) is 4.18. The van der Waals surface area contributed by atoms with Gasteiger partial charge in [-0.3, -0.25) is 9.97 Å². The van der Waals surface area contributed by atoms with Crippen LogP contribution < -0.4 is 5.32 Å². The first kappa shape index (κ1) is 11.2. The third kappa shape index (κ3) is 2.19. The maximum absolute atomic E-state index is 4.46. The van der Waals surface area contributed by atoms with Crippen LogP contribution in [0.4, 0.5) is 5.69 Å². The first-order chi connectivity index (χ1) is 8.83. The van der Waals surface area contributed by atoms with Gasteiger partial charge in [-0.25, -0.2) is 0 Å². The number of pyridine rings is 2. The standard InChI is InChI=1S/C14H13N3S/c1-10(17-12-3-2-5-15-9-12)11-7-14-13(16-8-11)4-6-18-14/h2-10,17H,1H3. The van der Waals surface area contributed by atoms with E-state index < -0.39 is 0 Å². The van der Waals surface area contributed by atoms with Crippen LogP contribution in [0.3, 0.4) is 0 Å². The molecule has 18 heavy (non-hydrogen) atoms. The summed E-state index contributed by atoms with van der Waals surface area (Å²) in [7, 11) is 0. The van der Waals surface area contributed by atoms with Gasteiger partial charge >= 0.3 is 0 Å². The predicted octanol–water partition coefficient (Wildman–Crippen LogP) is 3.86. The molecule has 0 aliphatic heterocycles. The van der Waals surface area contributed by atoms with Gasteiger partial charge in [-0.1, -0.05) is 0 Å². The highest BCUT2D eigenvalue weighted by Crippen LogP contribution is 2.24. The Bertz CT molecular complexity index is 648. The Hall–Kier alpha value is -1.94. The van der Waals surface area contributed by atoms with E-state index in [4.69, 9.17) is 0 Å². The number of fused-ring (bicyclic) bond motifs is 1. The second-order valence-corrected chi connectivity index (χ2v) is 5.13. The molecule has 0 radical (unpaired) electrons. The number of anilines is 1. The Morgan fingerprint density at radius 1 is 1.28 bits per heavy atom. The van der Waals surface area contributed by atoms with Gasteiger partial charge in [0.25, 0.3) is 0 Å². The van der Waals surface area contributed by atoms with Gasteiger partial charge in [0.1, 0.15) is 0 Å². The largest absolute Gasteiger partial charge is 0.377 e. The summed E-state index contributed by atoms with van der Waals surface area (Å²) in [5.74, 6) is 0. The van der Waals surface area contributed by atoms with Gasteiger partial charge in [0.15, 0.2) is 0 Å². The molecule has 3 rings (SSSR count). The Morgan fingerprint density at radius 2 is 2.22 bits per heavy atom. The molecule has 0 aromatic carbocycles. The van der Waals surface area contributed by atoms with E-state index in [2.05, 4.69) is 33.7 Å². The van der Waals surface area contributed by atoms with Crippen molar-refractivity contribution in [2.24, 2.45) is 0 Å². The number of hydrogen-bond donors (Lipinski definition) is 1. The first-order valence-electron chi connectivity index (χ1n) is 5.82. The van der Waals surface area contributed by atoms with E-state index in [0.29, 0.717) is 0 Å². The van der Waals surface area contributed by atoms with E-state index in [0.717, 1.165) is 11.2 Å². The van der Waals surface area contributed by atoms with Crippen LogP contribution in [0.25, 0.3) is 10.2 Å². The highest BCUT2D eigenvalue weighted by Gasteiger charge is 2.07. The molecular weight excluding hydrogens is 242 g/mol. The Balaban J connectivity index is 1.85. The lowest BCUT2D eigenvalue weighted by atomic mass is 10.1. The molecule has 0 amide bonds. The fourth-order valence-electron chi connectivity index (χ4n) is 1.88. The second kappa shape index (κ2) is 4.74. The summed E-state index contributed by atoms with van der Waals surface area (Å²) in [6, 6.07) is 8.40. The van der Waals surface area contributed by atoms with Crippen molar-refractivity contribution in [1.82, 2.24) is 9.97 Å². The summed E-state index contributed by atoms with van der Waals surface area (Å²) in [6.45, 7) is 2.13. The molecule has 90 valence electrons. The van der Waals surface area contributed by atoms with E-state index in [1.807, 2.05) is 30.6 Å². The van der Waals surface area contributed by atoms with Crippen molar-refractivity contribution in [3.63, 3.8) is 0 Å². The monoisotopic (exact) mass is 255 g/mol. The number of hydrogen-bond acceptors (Lipinski definition) is 4. The lowest BCUT2D eigenvalue weighted by Crippen LogP contribution is -2.06. The van der Waals surface area contributed by atoms with Crippen LogP contribution in [0.15, 0.2) is 48.2 Å². The van der Waals surface area contributed by atoms with Crippen molar-refractivity contribution >= 4 is 27.2 Å². The van der Waals surface area contributed by atoms with Crippen molar-refractivity contribution in [2.45, 2.75) is 13.0 Å². The molecule has 0 aliphatic carbocycles. The van der Waals surface area contributed by atoms with E-state index in [1.54, 1.807) is 17.5 Å². The van der Waals surface area contributed by atoms with Crippen molar-refractivity contribution in [3.05, 3.63) is 53.8 Å². The van der Waals surface area contributed by atoms with E-state index >= 15 is 0 Å². The van der Waals surface area contributed by atoms with Crippen molar-refractivity contribution < 1.29 is 0 Å². The minimum Gasteiger partial charge on any atom is -0.377 e. The molecule has 0 aliphatic rings. The van der Waals surface area contributed by atoms with Gasteiger partial charge in [-0.15, -0.1) is 11.3 Å². The van der Waals surface area contributed by atoms with Gasteiger partial charge in [-0.05, 0) is 42.1 Å². The molecular formula is C14H13N3S. The Labute approximate surface area is 110 Å². The maximum Gasteiger partial charge on any atom is 0.0809 e. The third-order valence-electron chi connectivity index (χ3n) is 2.87. The molecule has 0 saturated heterocycles. The van der Waals surface area contributed by atoms with Crippen LogP contribution in [0, 0.1) is 0 Å². The molecule has 3 heterocycles. The average molecular weight is 255 g/mol. The molecule has 3 aromatic rings. The van der Waals surface area contributed by atoms with Crippen LogP contribution in [-0.4, -0.2) is 9.97 Å². The number of rotatable bonds is 3. The van der Waals surface area contributed by atoms with E-state index in [9.17, 15) is 0 Å². The smallest absolute Gasteiger partial charge is 0.0809 e. The lowest BCUT2D eigenvalue weighted by molar-refractivity contribution is 0.878. The minimum atomic E-state index is 0.216. The zero-order valence-corrected chi connectivity index (χ0v) is 10.8. The summed E-state index contributed by atoms with van der Waals surface area (Å²) in [6.07, 6.45) is 5.53. The van der Waals surface area contributed by atoms with Crippen LogP contribution in [0.5, 0.6) is 0 Å². The maximum atomic E-state index is 4.46. The van der Waals surface area contributed by atoms with Crippen molar-refractivity contribution in [2.75, 3.05) is 5.32 Å². The van der Waals surface area contributed by atoms with Crippen LogP contribution >= 0.6 is 11.3 Å². The fraction of sp³-hybridized carbons (Fsp3) is 0.143. The molecule has 1 unspecified atom stereocenters. The summed E-state index contributed by atoms with van der Waals surface area (Å²) >= 11 is 1.72. The third-order valence-corrected chi connectivity index (χ3v) is 3.72. The molecule has 3 nitrogen and oxygen atoms in total. The predicted molar refractivity (Wildman–Crippen MR) is 75.9 cm³/mol. The molecule has 3 aromatic heterocycles. The summed E-state index contributed by atoms with van der Waals surface area (Å²) in [4.78, 5) is 8.56. The first-order valence-corrected chi connectivity index (χ1v) is 6.70. The van der Waals surface area contributed by atoms with Crippen molar-refractivity contribution in [1.29, 1.82) is 0 Å². The topological polar surface area (TPSA) is 37.8 Å². The number of thiophene rings is 1. The lowest BCUT2D eigenvalue weighted by Gasteiger charge is -2.14. The zero-order valence-electron chi connectivity index (χ0n) is 10.00. The van der Waals surface area contributed by atoms with Crippen LogP contribution in [0.2, 0.25) is 0 Å². The molecule has 1 N–H and O–H groups in total. The number of nitrogens with zero attached hydrogens (tertiary/aromatic N) is 2. The molecule has 0 spiro atoms. The molecule has 1 atom stereocenters. The van der Waals surface area contributed by atoms with E-state index in [-0.39, 0.29) is 6.04 Å². The summed E-state index contributed by atoms with van der Waals surface area (Å²) in [5, 5.41) is 5.49. The van der Waals surface area contributed by atoms with Gasteiger partial charge in [0.05, 0.1) is 21.9 Å². The Kier molecular flexibility index (Phi) is 2.94. The molecule has 0 fully saturated rings. The summed E-state index contributed by atoms with van der Waals surface area (Å²) < 4.78 is 1.23. The average Bonchev–Trinajstić information content (AvgIpc) is 2.87. The van der Waals surface area contributed by atoms with Gasteiger partial charge in [-0.2, -0.15) is 0 Å². The van der Waals surface area contributed by atoms with Gasteiger partial charge in [0.2, 0.25) is 0 Å². The summed E-state index contributed by atoms with van der Waals surface area (Å²) in [5.41, 5.74) is 3.28.